The predicted octanol–water partition coefficient (Wildman–Crippen LogP) is 3.51. The Balaban J connectivity index is 2.24. The van der Waals surface area contributed by atoms with Crippen molar-refractivity contribution in [1.82, 2.24) is 0 Å². The number of benzene rings is 2. The minimum Gasteiger partial charge on any atom is -0.466 e. The number of halogens is 1. The van der Waals surface area contributed by atoms with Crippen LogP contribution in [0.15, 0.2) is 51.8 Å². The summed E-state index contributed by atoms with van der Waals surface area (Å²) in [6, 6.07) is 11.1. The summed E-state index contributed by atoms with van der Waals surface area (Å²) in [5, 5.41) is 0. The maximum Gasteiger partial charge on any atom is 0.339 e. The molecule has 0 N–H and O–H groups in total. The summed E-state index contributed by atoms with van der Waals surface area (Å²) >= 11 is 3.31. The van der Waals surface area contributed by atoms with Gasteiger partial charge >= 0.3 is 10.1 Å². The van der Waals surface area contributed by atoms with Crippen LogP contribution in [-0.4, -0.2) is 22.3 Å². The molecule has 2 aromatic carbocycles. The number of rotatable bonds is 6. The van der Waals surface area contributed by atoms with Crippen molar-refractivity contribution in [3.05, 3.63) is 52.5 Å². The molecular formula is C15H15BrO5S. The first kappa shape index (κ1) is 16.8. The smallest absolute Gasteiger partial charge is 0.339 e. The Kier molecular flexibility index (Phi) is 5.44. The molecule has 0 amide bonds. The molecule has 0 heterocycles. The van der Waals surface area contributed by atoms with Gasteiger partial charge in [-0.15, -0.1) is 0 Å². The fraction of sp³-hybridized carbons (Fsp3) is 0.200. The van der Waals surface area contributed by atoms with Gasteiger partial charge < -0.3 is 13.7 Å². The second-order valence-electron chi connectivity index (χ2n) is 4.49. The Hall–Kier alpha value is -1.57. The molecule has 118 valence electrons. The predicted molar refractivity (Wildman–Crippen MR) is 85.6 cm³/mol. The van der Waals surface area contributed by atoms with Gasteiger partial charge in [0.15, 0.2) is 6.79 Å². The number of aryl methyl sites for hydroxylation is 1. The van der Waals surface area contributed by atoms with E-state index in [2.05, 4.69) is 15.9 Å². The monoisotopic (exact) mass is 386 g/mol. The summed E-state index contributed by atoms with van der Waals surface area (Å²) in [7, 11) is -2.39. The van der Waals surface area contributed by atoms with Crippen molar-refractivity contribution in [3.63, 3.8) is 0 Å². The van der Waals surface area contributed by atoms with Crippen molar-refractivity contribution in [2.45, 2.75) is 11.8 Å². The average molecular weight is 387 g/mol. The molecule has 22 heavy (non-hydrogen) atoms. The molecule has 0 spiro atoms. The van der Waals surface area contributed by atoms with E-state index in [1.54, 1.807) is 18.2 Å². The zero-order valence-electron chi connectivity index (χ0n) is 12.1. The molecule has 0 aliphatic heterocycles. The number of methoxy groups -OCH3 is 1. The highest BCUT2D eigenvalue weighted by Gasteiger charge is 2.17. The molecule has 0 bridgehead atoms. The molecular weight excluding hydrogens is 372 g/mol. The Morgan fingerprint density at radius 1 is 1.09 bits per heavy atom. The largest absolute Gasteiger partial charge is 0.466 e. The molecule has 0 saturated carbocycles. The highest BCUT2D eigenvalue weighted by atomic mass is 79.9. The zero-order chi connectivity index (χ0) is 16.2. The van der Waals surface area contributed by atoms with Crippen molar-refractivity contribution in [1.29, 1.82) is 0 Å². The van der Waals surface area contributed by atoms with Crippen molar-refractivity contribution in [2.75, 3.05) is 13.9 Å². The second-order valence-corrected chi connectivity index (χ2v) is 6.89. The molecule has 0 atom stereocenters. The Morgan fingerprint density at radius 3 is 2.41 bits per heavy atom. The molecule has 0 aromatic heterocycles. The van der Waals surface area contributed by atoms with Crippen LogP contribution >= 0.6 is 15.9 Å². The lowest BCUT2D eigenvalue weighted by atomic mass is 10.2. The van der Waals surface area contributed by atoms with Crippen molar-refractivity contribution < 1.29 is 22.1 Å². The summed E-state index contributed by atoms with van der Waals surface area (Å²) < 4.78 is 40.4. The standard InChI is InChI=1S/C15H15BrO5S/c1-11-3-6-13(7-4-11)22(17,18)21-12-5-8-14(16)15(9-12)20-10-19-2/h3-9H,10H2,1-2H3. The molecule has 5 nitrogen and oxygen atoms in total. The third-order valence-corrected chi connectivity index (χ3v) is 4.67. The van der Waals surface area contributed by atoms with E-state index in [1.165, 1.54) is 31.4 Å². The summed E-state index contributed by atoms with van der Waals surface area (Å²) in [5.41, 5.74) is 0.970. The molecule has 0 fully saturated rings. The first-order chi connectivity index (χ1) is 10.4. The minimum absolute atomic E-state index is 0.0484. The summed E-state index contributed by atoms with van der Waals surface area (Å²) in [6.07, 6.45) is 0. The Labute approximate surface area is 138 Å². The summed E-state index contributed by atoms with van der Waals surface area (Å²) in [6.45, 7) is 1.93. The lowest BCUT2D eigenvalue weighted by Crippen LogP contribution is -2.10. The molecule has 0 radical (unpaired) electrons. The first-order valence-electron chi connectivity index (χ1n) is 6.35. The lowest BCUT2D eigenvalue weighted by molar-refractivity contribution is 0.0505. The zero-order valence-corrected chi connectivity index (χ0v) is 14.5. The van der Waals surface area contributed by atoms with Crippen LogP contribution in [0.3, 0.4) is 0 Å². The van der Waals surface area contributed by atoms with E-state index < -0.39 is 10.1 Å². The van der Waals surface area contributed by atoms with Crippen molar-refractivity contribution in [3.8, 4) is 11.5 Å². The van der Waals surface area contributed by atoms with Crippen LogP contribution in [0, 0.1) is 6.92 Å². The van der Waals surface area contributed by atoms with Gasteiger partial charge in [0.2, 0.25) is 0 Å². The molecule has 0 saturated heterocycles. The van der Waals surface area contributed by atoms with Gasteiger partial charge in [0.1, 0.15) is 16.4 Å². The van der Waals surface area contributed by atoms with Crippen LogP contribution in [0.5, 0.6) is 11.5 Å². The van der Waals surface area contributed by atoms with Gasteiger partial charge in [-0.2, -0.15) is 8.42 Å². The van der Waals surface area contributed by atoms with Gasteiger partial charge in [0, 0.05) is 13.2 Å². The topological polar surface area (TPSA) is 61.8 Å². The normalized spacial score (nSPS) is 11.2. The van der Waals surface area contributed by atoms with Crippen LogP contribution in [0.25, 0.3) is 0 Å². The maximum atomic E-state index is 12.2. The molecule has 7 heteroatoms. The fourth-order valence-corrected chi connectivity index (χ4v) is 2.93. The van der Waals surface area contributed by atoms with E-state index in [1.807, 2.05) is 6.92 Å². The molecule has 0 unspecified atom stereocenters. The van der Waals surface area contributed by atoms with E-state index in [0.717, 1.165) is 5.56 Å². The second kappa shape index (κ2) is 7.13. The maximum absolute atomic E-state index is 12.2. The minimum atomic E-state index is -3.88. The molecule has 2 aromatic rings. The highest BCUT2D eigenvalue weighted by Crippen LogP contribution is 2.31. The lowest BCUT2D eigenvalue weighted by Gasteiger charge is -2.11. The molecule has 0 aliphatic carbocycles. The number of hydrogen-bond acceptors (Lipinski definition) is 5. The van der Waals surface area contributed by atoms with E-state index in [-0.39, 0.29) is 17.4 Å². The molecule has 0 aliphatic rings. The Morgan fingerprint density at radius 2 is 1.77 bits per heavy atom. The fourth-order valence-electron chi connectivity index (χ4n) is 1.65. The highest BCUT2D eigenvalue weighted by molar-refractivity contribution is 9.10. The quantitative estimate of drug-likeness (QED) is 0.561. The van der Waals surface area contributed by atoms with E-state index in [0.29, 0.717) is 10.2 Å². The van der Waals surface area contributed by atoms with Crippen LogP contribution < -0.4 is 8.92 Å². The van der Waals surface area contributed by atoms with Gasteiger partial charge in [-0.3, -0.25) is 0 Å². The van der Waals surface area contributed by atoms with Gasteiger partial charge in [-0.05, 0) is 47.1 Å². The summed E-state index contributed by atoms with van der Waals surface area (Å²) in [4.78, 5) is 0.0976. The first-order valence-corrected chi connectivity index (χ1v) is 8.55. The van der Waals surface area contributed by atoms with Crippen LogP contribution in [0.1, 0.15) is 5.56 Å². The van der Waals surface area contributed by atoms with E-state index in [4.69, 9.17) is 13.7 Å². The third-order valence-electron chi connectivity index (χ3n) is 2.75. The SMILES string of the molecule is COCOc1cc(OS(=O)(=O)c2ccc(C)cc2)ccc1Br. The van der Waals surface area contributed by atoms with Gasteiger partial charge in [0.25, 0.3) is 0 Å². The van der Waals surface area contributed by atoms with Crippen LogP contribution in [0.2, 0.25) is 0 Å². The van der Waals surface area contributed by atoms with Gasteiger partial charge in [-0.25, -0.2) is 0 Å². The van der Waals surface area contributed by atoms with E-state index >= 15 is 0 Å². The Bertz CT molecular complexity index is 741. The average Bonchev–Trinajstić information content (AvgIpc) is 2.48. The third kappa shape index (κ3) is 4.22. The molecule has 2 rings (SSSR count). The van der Waals surface area contributed by atoms with Crippen LogP contribution in [0.4, 0.5) is 0 Å². The van der Waals surface area contributed by atoms with Crippen molar-refractivity contribution >= 4 is 26.0 Å². The van der Waals surface area contributed by atoms with Crippen LogP contribution in [-0.2, 0) is 14.9 Å². The summed E-state index contributed by atoms with van der Waals surface area (Å²) in [5.74, 6) is 0.591. The van der Waals surface area contributed by atoms with E-state index in [9.17, 15) is 8.42 Å². The number of ether oxygens (including phenoxy) is 2. The van der Waals surface area contributed by atoms with Crippen molar-refractivity contribution in [2.24, 2.45) is 0 Å². The van der Waals surface area contributed by atoms with Gasteiger partial charge in [0.05, 0.1) is 4.47 Å². The number of hydrogen-bond donors (Lipinski definition) is 0. The van der Waals surface area contributed by atoms with Gasteiger partial charge in [-0.1, -0.05) is 17.7 Å².